The molecule has 17 heavy (non-hydrogen) atoms. The van der Waals surface area contributed by atoms with Gasteiger partial charge in [0.25, 0.3) is 0 Å². The molecule has 7 heteroatoms. The first-order chi connectivity index (χ1) is 7.70. The number of aliphatic carboxylic acids is 1. The van der Waals surface area contributed by atoms with Crippen LogP contribution in [0.3, 0.4) is 0 Å². The van der Waals surface area contributed by atoms with E-state index in [1.807, 2.05) is 0 Å². The van der Waals surface area contributed by atoms with Gasteiger partial charge < -0.3 is 21.9 Å². The van der Waals surface area contributed by atoms with Gasteiger partial charge in [-0.2, -0.15) is 0 Å². The van der Waals surface area contributed by atoms with Crippen LogP contribution in [-0.4, -0.2) is 35.5 Å². The van der Waals surface area contributed by atoms with Gasteiger partial charge in [0.2, 0.25) is 11.8 Å². The van der Waals surface area contributed by atoms with Crippen LogP contribution in [-0.2, 0) is 14.4 Å². The molecule has 0 aliphatic rings. The van der Waals surface area contributed by atoms with Gasteiger partial charge in [0, 0.05) is 13.0 Å². The molecule has 0 spiro atoms. The quantitative estimate of drug-likeness (QED) is 0.447. The standard InChI is InChI=1S/C10H19N3O4/c1-10(2,5-11)9(17)13-6(8(15)16)3-4-7(12)14/h6H,3-5,11H2,1-2H3,(H2,12,14)(H,13,17)(H,15,16)/t6-/m1/s1. The Morgan fingerprint density at radius 3 is 2.24 bits per heavy atom. The molecule has 0 aromatic rings. The highest BCUT2D eigenvalue weighted by molar-refractivity contribution is 5.87. The van der Waals surface area contributed by atoms with E-state index in [0.717, 1.165) is 0 Å². The first-order valence-electron chi connectivity index (χ1n) is 5.23. The molecule has 0 aromatic carbocycles. The Kier molecular flexibility index (Phi) is 5.60. The van der Waals surface area contributed by atoms with Gasteiger partial charge in [-0.1, -0.05) is 0 Å². The van der Waals surface area contributed by atoms with Crippen LogP contribution in [0, 0.1) is 5.41 Å². The number of carboxylic acid groups (broad SMARTS) is 1. The zero-order valence-electron chi connectivity index (χ0n) is 10.0. The van der Waals surface area contributed by atoms with Crippen LogP contribution >= 0.6 is 0 Å². The van der Waals surface area contributed by atoms with Gasteiger partial charge in [-0.05, 0) is 20.3 Å². The Hall–Kier alpha value is -1.63. The molecule has 2 amide bonds. The topological polar surface area (TPSA) is 136 Å². The summed E-state index contributed by atoms with van der Waals surface area (Å²) in [6, 6.07) is -1.12. The number of carbonyl (C=O) groups excluding carboxylic acids is 2. The number of nitrogens with two attached hydrogens (primary N) is 2. The molecule has 0 unspecified atom stereocenters. The summed E-state index contributed by atoms with van der Waals surface area (Å²) in [4.78, 5) is 33.1. The maximum absolute atomic E-state index is 11.7. The van der Waals surface area contributed by atoms with Crippen LogP contribution in [0.5, 0.6) is 0 Å². The number of primary amides is 1. The summed E-state index contributed by atoms with van der Waals surface area (Å²) in [7, 11) is 0. The number of carbonyl (C=O) groups is 3. The van der Waals surface area contributed by atoms with Crippen LogP contribution in [0.15, 0.2) is 0 Å². The fraction of sp³-hybridized carbons (Fsp3) is 0.700. The molecule has 98 valence electrons. The van der Waals surface area contributed by atoms with Crippen molar-refractivity contribution >= 4 is 17.8 Å². The zero-order chi connectivity index (χ0) is 13.6. The molecule has 0 rings (SSSR count). The number of amides is 2. The molecular weight excluding hydrogens is 226 g/mol. The SMILES string of the molecule is CC(C)(CN)C(=O)N[C@H](CCC(N)=O)C(=O)O. The molecule has 1 atom stereocenters. The highest BCUT2D eigenvalue weighted by Gasteiger charge is 2.30. The molecule has 6 N–H and O–H groups in total. The van der Waals surface area contributed by atoms with Crippen LogP contribution in [0.4, 0.5) is 0 Å². The molecule has 0 aromatic heterocycles. The van der Waals surface area contributed by atoms with Gasteiger partial charge >= 0.3 is 5.97 Å². The van der Waals surface area contributed by atoms with E-state index in [0.29, 0.717) is 0 Å². The van der Waals surface area contributed by atoms with Crippen LogP contribution in [0.25, 0.3) is 0 Å². The third-order valence-electron chi connectivity index (χ3n) is 2.41. The molecule has 0 saturated heterocycles. The summed E-state index contributed by atoms with van der Waals surface area (Å²) >= 11 is 0. The minimum Gasteiger partial charge on any atom is -0.480 e. The molecule has 0 fully saturated rings. The fourth-order valence-corrected chi connectivity index (χ4v) is 0.990. The molecule has 0 aliphatic heterocycles. The summed E-state index contributed by atoms with van der Waals surface area (Å²) < 4.78 is 0. The highest BCUT2D eigenvalue weighted by atomic mass is 16.4. The van der Waals surface area contributed by atoms with E-state index >= 15 is 0 Å². The van der Waals surface area contributed by atoms with Crippen LogP contribution in [0.2, 0.25) is 0 Å². The van der Waals surface area contributed by atoms with E-state index in [1.165, 1.54) is 0 Å². The van der Waals surface area contributed by atoms with E-state index in [4.69, 9.17) is 16.6 Å². The minimum absolute atomic E-state index is 0.0307. The van der Waals surface area contributed by atoms with Crippen molar-refractivity contribution in [1.29, 1.82) is 0 Å². The monoisotopic (exact) mass is 245 g/mol. The normalized spacial score (nSPS) is 12.9. The van der Waals surface area contributed by atoms with Crippen LogP contribution < -0.4 is 16.8 Å². The number of hydrogen-bond acceptors (Lipinski definition) is 4. The van der Waals surface area contributed by atoms with Gasteiger partial charge in [-0.3, -0.25) is 9.59 Å². The number of hydrogen-bond donors (Lipinski definition) is 4. The molecule has 0 aliphatic carbocycles. The predicted molar refractivity (Wildman–Crippen MR) is 60.8 cm³/mol. The van der Waals surface area contributed by atoms with Crippen molar-refractivity contribution in [3.05, 3.63) is 0 Å². The van der Waals surface area contributed by atoms with Crippen molar-refractivity contribution < 1.29 is 19.5 Å². The molecule has 0 radical (unpaired) electrons. The van der Waals surface area contributed by atoms with Crippen molar-refractivity contribution in [2.24, 2.45) is 16.9 Å². The summed E-state index contributed by atoms with van der Waals surface area (Å²) in [5, 5.41) is 11.2. The zero-order valence-corrected chi connectivity index (χ0v) is 10.0. The van der Waals surface area contributed by atoms with Crippen molar-refractivity contribution in [2.45, 2.75) is 32.7 Å². The van der Waals surface area contributed by atoms with E-state index in [2.05, 4.69) is 5.32 Å². The van der Waals surface area contributed by atoms with Crippen molar-refractivity contribution in [3.8, 4) is 0 Å². The summed E-state index contributed by atoms with van der Waals surface area (Å²) in [6.07, 6.45) is -0.128. The van der Waals surface area contributed by atoms with Crippen molar-refractivity contribution in [3.63, 3.8) is 0 Å². The lowest BCUT2D eigenvalue weighted by Crippen LogP contribution is -2.49. The lowest BCUT2D eigenvalue weighted by atomic mass is 9.92. The molecule has 0 saturated carbocycles. The Labute approximate surface area is 99.5 Å². The average Bonchev–Trinajstić information content (AvgIpc) is 2.22. The van der Waals surface area contributed by atoms with Gasteiger partial charge in [-0.25, -0.2) is 4.79 Å². The Bertz CT molecular complexity index is 315. The number of nitrogens with one attached hydrogen (secondary N) is 1. The van der Waals surface area contributed by atoms with Crippen LogP contribution in [0.1, 0.15) is 26.7 Å². The summed E-state index contributed by atoms with van der Waals surface area (Å²) in [5.74, 6) is -2.27. The molecule has 7 nitrogen and oxygen atoms in total. The summed E-state index contributed by atoms with van der Waals surface area (Å²) in [5.41, 5.74) is 9.47. The lowest BCUT2D eigenvalue weighted by Gasteiger charge is -2.24. The van der Waals surface area contributed by atoms with Gasteiger partial charge in [0.05, 0.1) is 5.41 Å². The second-order valence-electron chi connectivity index (χ2n) is 4.46. The number of rotatable bonds is 7. The highest BCUT2D eigenvalue weighted by Crippen LogP contribution is 2.13. The average molecular weight is 245 g/mol. The first-order valence-corrected chi connectivity index (χ1v) is 5.23. The Morgan fingerprint density at radius 2 is 1.88 bits per heavy atom. The van der Waals surface area contributed by atoms with Gasteiger partial charge in [-0.15, -0.1) is 0 Å². The number of carboxylic acids is 1. The van der Waals surface area contributed by atoms with E-state index in [1.54, 1.807) is 13.8 Å². The Morgan fingerprint density at radius 1 is 1.35 bits per heavy atom. The third-order valence-corrected chi connectivity index (χ3v) is 2.41. The molecular formula is C10H19N3O4. The van der Waals surface area contributed by atoms with E-state index < -0.39 is 29.2 Å². The summed E-state index contributed by atoms with van der Waals surface area (Å²) in [6.45, 7) is 3.31. The predicted octanol–water partition coefficient (Wildman–Crippen LogP) is -1.19. The molecule has 0 bridgehead atoms. The van der Waals surface area contributed by atoms with Gasteiger partial charge in [0.1, 0.15) is 6.04 Å². The maximum Gasteiger partial charge on any atom is 0.326 e. The smallest absolute Gasteiger partial charge is 0.326 e. The first kappa shape index (κ1) is 15.4. The van der Waals surface area contributed by atoms with Crippen molar-refractivity contribution in [1.82, 2.24) is 5.32 Å². The maximum atomic E-state index is 11.7. The van der Waals surface area contributed by atoms with E-state index in [-0.39, 0.29) is 19.4 Å². The second kappa shape index (κ2) is 6.19. The van der Waals surface area contributed by atoms with E-state index in [9.17, 15) is 14.4 Å². The third kappa shape index (κ3) is 5.30. The van der Waals surface area contributed by atoms with Gasteiger partial charge in [0.15, 0.2) is 0 Å². The van der Waals surface area contributed by atoms with Crippen molar-refractivity contribution in [2.75, 3.05) is 6.54 Å². The minimum atomic E-state index is -1.20. The lowest BCUT2D eigenvalue weighted by molar-refractivity contribution is -0.143. The Balaban J connectivity index is 4.50. The molecule has 0 heterocycles. The fourth-order valence-electron chi connectivity index (χ4n) is 0.990. The second-order valence-corrected chi connectivity index (χ2v) is 4.46. The largest absolute Gasteiger partial charge is 0.480 e.